The number of thiazole rings is 1. The molecule has 1 fully saturated rings. The highest BCUT2D eigenvalue weighted by Crippen LogP contribution is 2.22. The van der Waals surface area contributed by atoms with E-state index in [-0.39, 0.29) is 11.9 Å². The summed E-state index contributed by atoms with van der Waals surface area (Å²) in [6.45, 7) is 8.89. The first-order chi connectivity index (χ1) is 14.6. The van der Waals surface area contributed by atoms with Crippen LogP contribution in [0.25, 0.3) is 0 Å². The maximum Gasteiger partial charge on any atom is 0.191 e. The van der Waals surface area contributed by atoms with Gasteiger partial charge in [0.25, 0.3) is 0 Å². The maximum absolute atomic E-state index is 13.4. The van der Waals surface area contributed by atoms with E-state index >= 15 is 0 Å². The van der Waals surface area contributed by atoms with Crippen LogP contribution in [-0.4, -0.2) is 62.3 Å². The second kappa shape index (κ2) is 11.4. The molecule has 0 amide bonds. The lowest BCUT2D eigenvalue weighted by Crippen LogP contribution is -2.46. The van der Waals surface area contributed by atoms with Gasteiger partial charge in [0.2, 0.25) is 0 Å². The molecule has 30 heavy (non-hydrogen) atoms. The highest BCUT2D eigenvalue weighted by atomic mass is 32.1. The molecule has 1 unspecified atom stereocenters. The number of aromatic nitrogens is 1. The van der Waals surface area contributed by atoms with Crippen LogP contribution in [0.3, 0.4) is 0 Å². The summed E-state index contributed by atoms with van der Waals surface area (Å²) in [5.74, 6) is 0.549. The zero-order valence-corrected chi connectivity index (χ0v) is 18.9. The quantitative estimate of drug-likeness (QED) is 0.495. The largest absolute Gasteiger partial charge is 0.379 e. The van der Waals surface area contributed by atoms with Gasteiger partial charge in [-0.15, -0.1) is 11.3 Å². The van der Waals surface area contributed by atoms with Crippen molar-refractivity contribution >= 4 is 17.3 Å². The van der Waals surface area contributed by atoms with Crippen molar-refractivity contribution in [2.75, 3.05) is 46.4 Å². The number of guanidine groups is 1. The lowest BCUT2D eigenvalue weighted by Gasteiger charge is -2.35. The fraction of sp³-hybridized carbons (Fsp3) is 0.545. The molecule has 2 aromatic rings. The number of rotatable bonds is 8. The summed E-state index contributed by atoms with van der Waals surface area (Å²) in [5.41, 5.74) is 2.29. The summed E-state index contributed by atoms with van der Waals surface area (Å²) in [4.78, 5) is 12.7. The summed E-state index contributed by atoms with van der Waals surface area (Å²) in [5, 5.41) is 7.98. The van der Waals surface area contributed by atoms with Crippen molar-refractivity contribution in [2.45, 2.75) is 32.7 Å². The van der Waals surface area contributed by atoms with Crippen LogP contribution < -0.4 is 10.6 Å². The highest BCUT2D eigenvalue weighted by molar-refractivity contribution is 7.11. The normalized spacial score (nSPS) is 16.5. The molecule has 0 saturated carbocycles. The van der Waals surface area contributed by atoms with Crippen molar-refractivity contribution in [2.24, 2.45) is 4.99 Å². The SMILES string of the molecule is CCc1nc(CCNC(=NC)NCC(c2ccc(F)cc2)N2CCOCC2)sc1C. The van der Waals surface area contributed by atoms with E-state index in [0.717, 1.165) is 62.2 Å². The van der Waals surface area contributed by atoms with Gasteiger partial charge < -0.3 is 15.4 Å². The third-order valence-corrected chi connectivity index (χ3v) is 6.40. The Morgan fingerprint density at radius 1 is 1.27 bits per heavy atom. The fourth-order valence-corrected chi connectivity index (χ4v) is 4.68. The molecule has 3 rings (SSSR count). The van der Waals surface area contributed by atoms with Gasteiger partial charge in [-0.25, -0.2) is 9.37 Å². The van der Waals surface area contributed by atoms with Crippen molar-refractivity contribution in [3.63, 3.8) is 0 Å². The van der Waals surface area contributed by atoms with Crippen LogP contribution in [0.5, 0.6) is 0 Å². The van der Waals surface area contributed by atoms with Crippen molar-refractivity contribution in [3.8, 4) is 0 Å². The monoisotopic (exact) mass is 433 g/mol. The number of aryl methyl sites for hydroxylation is 2. The summed E-state index contributed by atoms with van der Waals surface area (Å²) in [6, 6.07) is 6.90. The van der Waals surface area contributed by atoms with E-state index in [2.05, 4.69) is 34.4 Å². The number of ether oxygens (including phenoxy) is 1. The van der Waals surface area contributed by atoms with Gasteiger partial charge in [-0.3, -0.25) is 9.89 Å². The number of nitrogens with one attached hydrogen (secondary N) is 2. The van der Waals surface area contributed by atoms with Crippen LogP contribution in [0, 0.1) is 12.7 Å². The van der Waals surface area contributed by atoms with Crippen LogP contribution in [0.1, 0.15) is 34.1 Å². The standard InChI is InChI=1S/C22H32FN5OS/c1-4-19-16(2)30-21(27-19)9-10-25-22(24-3)26-15-20(28-11-13-29-14-12-28)17-5-7-18(23)8-6-17/h5-8,20H,4,9-15H2,1-3H3,(H2,24,25,26). The first-order valence-corrected chi connectivity index (χ1v) is 11.4. The zero-order valence-electron chi connectivity index (χ0n) is 18.1. The van der Waals surface area contributed by atoms with E-state index in [4.69, 9.17) is 9.72 Å². The van der Waals surface area contributed by atoms with Gasteiger partial charge in [0.15, 0.2) is 5.96 Å². The summed E-state index contributed by atoms with van der Waals surface area (Å²) >= 11 is 1.77. The Hall–Kier alpha value is -2.03. The molecule has 1 atom stereocenters. The second-order valence-electron chi connectivity index (χ2n) is 7.31. The average Bonchev–Trinajstić information content (AvgIpc) is 3.14. The van der Waals surface area contributed by atoms with Crippen LogP contribution in [0.15, 0.2) is 29.3 Å². The lowest BCUT2D eigenvalue weighted by atomic mass is 10.0. The summed E-state index contributed by atoms with van der Waals surface area (Å²) in [7, 11) is 1.78. The second-order valence-corrected chi connectivity index (χ2v) is 8.60. The van der Waals surface area contributed by atoms with Crippen molar-refractivity contribution in [3.05, 3.63) is 51.2 Å². The number of aliphatic imine (C=N–C) groups is 1. The molecule has 0 spiro atoms. The highest BCUT2D eigenvalue weighted by Gasteiger charge is 2.23. The zero-order chi connectivity index (χ0) is 21.3. The fourth-order valence-electron chi connectivity index (χ4n) is 3.66. The number of benzene rings is 1. The van der Waals surface area contributed by atoms with Crippen molar-refractivity contribution in [1.29, 1.82) is 0 Å². The van der Waals surface area contributed by atoms with Gasteiger partial charge in [-0.1, -0.05) is 19.1 Å². The van der Waals surface area contributed by atoms with Crippen LogP contribution in [-0.2, 0) is 17.6 Å². The van der Waals surface area contributed by atoms with E-state index in [1.165, 1.54) is 22.7 Å². The van der Waals surface area contributed by atoms with Gasteiger partial charge in [-0.05, 0) is 31.0 Å². The first kappa shape index (κ1) is 22.7. The minimum absolute atomic E-state index is 0.127. The third-order valence-electron chi connectivity index (χ3n) is 5.33. The number of hydrogen-bond donors (Lipinski definition) is 2. The molecule has 164 valence electrons. The van der Waals surface area contributed by atoms with Gasteiger partial charge >= 0.3 is 0 Å². The number of halogens is 1. The van der Waals surface area contributed by atoms with Crippen LogP contribution in [0.2, 0.25) is 0 Å². The Bertz CT molecular complexity index is 817. The Morgan fingerprint density at radius 2 is 2.00 bits per heavy atom. The van der Waals surface area contributed by atoms with E-state index in [1.807, 2.05) is 12.1 Å². The van der Waals surface area contributed by atoms with Crippen molar-refractivity contribution < 1.29 is 9.13 Å². The van der Waals surface area contributed by atoms with E-state index in [0.29, 0.717) is 6.54 Å². The van der Waals surface area contributed by atoms with E-state index in [1.54, 1.807) is 18.4 Å². The predicted octanol–water partition coefficient (Wildman–Crippen LogP) is 2.93. The molecule has 1 aromatic carbocycles. The maximum atomic E-state index is 13.4. The molecular formula is C22H32FN5OS. The number of hydrogen-bond acceptors (Lipinski definition) is 5. The molecule has 1 aliphatic heterocycles. The number of morpholine rings is 1. The lowest BCUT2D eigenvalue weighted by molar-refractivity contribution is 0.0170. The average molecular weight is 434 g/mol. The molecule has 2 N–H and O–H groups in total. The Morgan fingerprint density at radius 3 is 2.63 bits per heavy atom. The molecule has 0 aliphatic carbocycles. The summed E-state index contributed by atoms with van der Waals surface area (Å²) < 4.78 is 18.9. The Kier molecular flexibility index (Phi) is 8.60. The van der Waals surface area contributed by atoms with Crippen molar-refractivity contribution in [1.82, 2.24) is 20.5 Å². The molecule has 1 aliphatic rings. The third kappa shape index (κ3) is 6.23. The first-order valence-electron chi connectivity index (χ1n) is 10.6. The predicted molar refractivity (Wildman–Crippen MR) is 121 cm³/mol. The Labute approximate surface area is 182 Å². The van der Waals surface area contributed by atoms with Gasteiger partial charge in [0.05, 0.1) is 30.0 Å². The van der Waals surface area contributed by atoms with E-state index < -0.39 is 0 Å². The van der Waals surface area contributed by atoms with Crippen LogP contribution >= 0.6 is 11.3 Å². The molecule has 1 aromatic heterocycles. The minimum atomic E-state index is -0.214. The minimum Gasteiger partial charge on any atom is -0.379 e. The van der Waals surface area contributed by atoms with Gasteiger partial charge in [0, 0.05) is 44.5 Å². The smallest absolute Gasteiger partial charge is 0.191 e. The molecule has 0 radical (unpaired) electrons. The van der Waals surface area contributed by atoms with Crippen LogP contribution in [0.4, 0.5) is 4.39 Å². The topological polar surface area (TPSA) is 61.8 Å². The Balaban J connectivity index is 1.56. The molecule has 0 bridgehead atoms. The van der Waals surface area contributed by atoms with Gasteiger partial charge in [-0.2, -0.15) is 0 Å². The molecule has 6 nitrogen and oxygen atoms in total. The summed E-state index contributed by atoms with van der Waals surface area (Å²) in [6.07, 6.45) is 1.85. The number of nitrogens with zero attached hydrogens (tertiary/aromatic N) is 3. The molecular weight excluding hydrogens is 401 g/mol. The molecule has 2 heterocycles. The molecule has 1 saturated heterocycles. The molecule has 8 heteroatoms. The van der Waals surface area contributed by atoms with Gasteiger partial charge in [0.1, 0.15) is 5.82 Å². The van der Waals surface area contributed by atoms with E-state index in [9.17, 15) is 4.39 Å².